The van der Waals surface area contributed by atoms with Crippen LogP contribution in [0.25, 0.3) is 0 Å². The maximum atomic E-state index is 14.6. The molecule has 0 amide bonds. The molecule has 0 radical (unpaired) electrons. The van der Waals surface area contributed by atoms with Crippen LogP contribution in [0.5, 0.6) is 0 Å². The first-order valence-electron chi connectivity index (χ1n) is 9.35. The standard InChI is InChI=1S/C25H22AsOP/c27-28(24-17-9-3-10-18-24,25-19-11-4-12-20-25)21-26(22-13-5-1-6-14-22)23-15-7-2-8-16-23/h1-20H,21H2. The Hall–Kier alpha value is -2.33. The molecule has 1 nitrogen and oxygen atoms in total. The van der Waals surface area contributed by atoms with Crippen molar-refractivity contribution in [3.63, 3.8) is 0 Å². The van der Waals surface area contributed by atoms with Crippen molar-refractivity contribution in [3.05, 3.63) is 121 Å². The molecular weight excluding hydrogens is 422 g/mol. The second-order valence-electron chi connectivity index (χ2n) is 6.65. The van der Waals surface area contributed by atoms with E-state index in [4.69, 9.17) is 0 Å². The quantitative estimate of drug-likeness (QED) is 0.326. The average molecular weight is 444 g/mol. The van der Waals surface area contributed by atoms with E-state index in [2.05, 4.69) is 60.7 Å². The molecule has 0 saturated carbocycles. The van der Waals surface area contributed by atoms with Crippen LogP contribution < -0.4 is 19.3 Å². The summed E-state index contributed by atoms with van der Waals surface area (Å²) in [5.41, 5.74) is 0. The molecular formula is C25H22AsOP. The second kappa shape index (κ2) is 8.78. The first-order chi connectivity index (χ1) is 13.8. The van der Waals surface area contributed by atoms with E-state index < -0.39 is 21.8 Å². The Morgan fingerprint density at radius 2 is 0.821 bits per heavy atom. The fourth-order valence-electron chi connectivity index (χ4n) is 3.38. The topological polar surface area (TPSA) is 17.1 Å². The van der Waals surface area contributed by atoms with Gasteiger partial charge in [0, 0.05) is 0 Å². The van der Waals surface area contributed by atoms with Crippen molar-refractivity contribution in [2.24, 2.45) is 0 Å². The molecule has 0 aliphatic heterocycles. The number of hydrogen-bond acceptors (Lipinski definition) is 1. The van der Waals surface area contributed by atoms with Crippen LogP contribution in [-0.2, 0) is 4.57 Å². The monoisotopic (exact) mass is 444 g/mol. The van der Waals surface area contributed by atoms with Crippen molar-refractivity contribution in [2.45, 2.75) is 0 Å². The van der Waals surface area contributed by atoms with Crippen LogP contribution in [0.15, 0.2) is 121 Å². The summed E-state index contributed by atoms with van der Waals surface area (Å²) < 4.78 is 17.3. The summed E-state index contributed by atoms with van der Waals surface area (Å²) in [4.78, 5) is 0.710. The minimum atomic E-state index is -2.75. The van der Waals surface area contributed by atoms with Gasteiger partial charge in [-0.05, 0) is 0 Å². The predicted octanol–water partition coefficient (Wildman–Crippen LogP) is 3.85. The van der Waals surface area contributed by atoms with Crippen molar-refractivity contribution < 1.29 is 4.57 Å². The van der Waals surface area contributed by atoms with Gasteiger partial charge in [-0.15, -0.1) is 0 Å². The Morgan fingerprint density at radius 3 is 1.18 bits per heavy atom. The molecule has 28 heavy (non-hydrogen) atoms. The minimum absolute atomic E-state index is 0.710. The Bertz CT molecular complexity index is 968. The first kappa shape index (κ1) is 19.0. The van der Waals surface area contributed by atoms with Gasteiger partial charge < -0.3 is 0 Å². The summed E-state index contributed by atoms with van der Waals surface area (Å²) in [7, 11) is -2.75. The summed E-state index contributed by atoms with van der Waals surface area (Å²) in [5, 5.41) is 1.90. The van der Waals surface area contributed by atoms with Gasteiger partial charge in [0.25, 0.3) is 0 Å². The normalized spacial score (nSPS) is 11.5. The summed E-state index contributed by atoms with van der Waals surface area (Å²) >= 11 is -1.77. The average Bonchev–Trinajstić information content (AvgIpc) is 2.80. The zero-order chi connectivity index (χ0) is 19.2. The molecule has 0 spiro atoms. The van der Waals surface area contributed by atoms with Crippen molar-refractivity contribution in [1.29, 1.82) is 0 Å². The Morgan fingerprint density at radius 1 is 0.500 bits per heavy atom. The van der Waals surface area contributed by atoms with E-state index in [1.807, 2.05) is 60.7 Å². The zero-order valence-electron chi connectivity index (χ0n) is 15.6. The van der Waals surface area contributed by atoms with Crippen molar-refractivity contribution in [2.75, 3.05) is 4.95 Å². The van der Waals surface area contributed by atoms with Gasteiger partial charge in [-0.1, -0.05) is 0 Å². The van der Waals surface area contributed by atoms with E-state index >= 15 is 0 Å². The van der Waals surface area contributed by atoms with Crippen molar-refractivity contribution >= 4 is 41.1 Å². The zero-order valence-corrected chi connectivity index (χ0v) is 18.3. The molecule has 4 rings (SSSR count). The van der Waals surface area contributed by atoms with E-state index in [0.29, 0.717) is 4.95 Å². The molecule has 138 valence electrons. The van der Waals surface area contributed by atoms with Crippen molar-refractivity contribution in [1.82, 2.24) is 0 Å². The Balaban J connectivity index is 1.85. The molecule has 0 heterocycles. The van der Waals surface area contributed by atoms with Gasteiger partial charge in [-0.2, -0.15) is 0 Å². The molecule has 0 fully saturated rings. The first-order valence-corrected chi connectivity index (χ1v) is 14.4. The second-order valence-corrected chi connectivity index (χ2v) is 15.2. The van der Waals surface area contributed by atoms with Gasteiger partial charge in [0.2, 0.25) is 0 Å². The molecule has 4 aromatic carbocycles. The van der Waals surface area contributed by atoms with Gasteiger partial charge in [-0.25, -0.2) is 0 Å². The molecule has 0 saturated heterocycles. The number of hydrogen-bond donors (Lipinski definition) is 0. The molecule has 0 aliphatic rings. The van der Waals surface area contributed by atoms with Crippen LogP contribution >= 0.6 is 7.14 Å². The summed E-state index contributed by atoms with van der Waals surface area (Å²) in [6.07, 6.45) is 0. The molecule has 0 aliphatic carbocycles. The molecule has 0 bridgehead atoms. The van der Waals surface area contributed by atoms with Gasteiger partial charge >= 0.3 is 172 Å². The predicted molar refractivity (Wildman–Crippen MR) is 123 cm³/mol. The third-order valence-electron chi connectivity index (χ3n) is 4.82. The van der Waals surface area contributed by atoms with Gasteiger partial charge in [0.05, 0.1) is 0 Å². The molecule has 4 aromatic rings. The van der Waals surface area contributed by atoms with E-state index in [1.165, 1.54) is 8.70 Å². The van der Waals surface area contributed by atoms with Gasteiger partial charge in [0.15, 0.2) is 0 Å². The third-order valence-corrected chi connectivity index (χ3v) is 15.9. The van der Waals surface area contributed by atoms with E-state index in [1.54, 1.807) is 0 Å². The van der Waals surface area contributed by atoms with Crippen LogP contribution in [0.1, 0.15) is 0 Å². The van der Waals surface area contributed by atoms with E-state index in [9.17, 15) is 4.57 Å². The third kappa shape index (κ3) is 4.07. The van der Waals surface area contributed by atoms with Gasteiger partial charge in [0.1, 0.15) is 0 Å². The van der Waals surface area contributed by atoms with E-state index in [0.717, 1.165) is 10.6 Å². The number of rotatable bonds is 6. The maximum absolute atomic E-state index is 14.6. The van der Waals surface area contributed by atoms with Crippen LogP contribution in [0.4, 0.5) is 0 Å². The molecule has 0 aromatic heterocycles. The molecule has 0 unspecified atom stereocenters. The fourth-order valence-corrected chi connectivity index (χ4v) is 15.5. The number of benzene rings is 4. The summed E-state index contributed by atoms with van der Waals surface area (Å²) in [6.45, 7) is 0. The molecule has 0 N–H and O–H groups in total. The SMILES string of the molecule is O=P(C[As](c1ccccc1)c1ccccc1)(c1ccccc1)c1ccccc1. The van der Waals surface area contributed by atoms with Crippen LogP contribution in [-0.4, -0.2) is 19.6 Å². The van der Waals surface area contributed by atoms with Crippen molar-refractivity contribution in [3.8, 4) is 0 Å². The fraction of sp³-hybridized carbons (Fsp3) is 0.0400. The van der Waals surface area contributed by atoms with Gasteiger partial charge in [-0.3, -0.25) is 0 Å². The molecule has 0 atom stereocenters. The molecule has 3 heteroatoms. The van der Waals surface area contributed by atoms with E-state index in [-0.39, 0.29) is 0 Å². The van der Waals surface area contributed by atoms with Crippen LogP contribution in [0.2, 0.25) is 0 Å². The van der Waals surface area contributed by atoms with Crippen LogP contribution in [0, 0.1) is 0 Å². The summed E-state index contributed by atoms with van der Waals surface area (Å²) in [6, 6.07) is 41.3. The van der Waals surface area contributed by atoms with Crippen LogP contribution in [0.3, 0.4) is 0 Å². The Kier molecular flexibility index (Phi) is 5.96. The Labute approximate surface area is 171 Å². The summed E-state index contributed by atoms with van der Waals surface area (Å²) in [5.74, 6) is 0.